The summed E-state index contributed by atoms with van der Waals surface area (Å²) >= 11 is 0. The Morgan fingerprint density at radius 3 is 2.39 bits per heavy atom. The van der Waals surface area contributed by atoms with Crippen LogP contribution in [-0.4, -0.2) is 17.8 Å². The standard InChI is InChI=1S/C20H13F2NO5/c1-27-17-10-9-16(19(24)12-5-7-13(21)8-6-12)18(22)20(17)28-15-4-2-3-14(11-15)23(25)26/h2-11H,1H3. The van der Waals surface area contributed by atoms with Crippen molar-refractivity contribution < 1.29 is 28.0 Å². The van der Waals surface area contributed by atoms with Crippen LogP contribution in [0.3, 0.4) is 0 Å². The lowest BCUT2D eigenvalue weighted by atomic mass is 10.0. The van der Waals surface area contributed by atoms with Gasteiger partial charge in [-0.15, -0.1) is 0 Å². The summed E-state index contributed by atoms with van der Waals surface area (Å²) in [6.07, 6.45) is 0. The second-order valence-corrected chi connectivity index (χ2v) is 5.65. The Morgan fingerprint density at radius 2 is 1.75 bits per heavy atom. The molecule has 3 rings (SSSR count). The molecule has 0 saturated heterocycles. The summed E-state index contributed by atoms with van der Waals surface area (Å²) in [6, 6.07) is 12.4. The molecule has 3 aromatic carbocycles. The van der Waals surface area contributed by atoms with Crippen molar-refractivity contribution in [1.29, 1.82) is 0 Å². The van der Waals surface area contributed by atoms with Gasteiger partial charge in [0.15, 0.2) is 17.3 Å². The van der Waals surface area contributed by atoms with Crippen molar-refractivity contribution in [1.82, 2.24) is 0 Å². The first-order valence-electron chi connectivity index (χ1n) is 7.99. The smallest absolute Gasteiger partial charge is 0.273 e. The molecular weight excluding hydrogens is 372 g/mol. The van der Waals surface area contributed by atoms with Crippen molar-refractivity contribution in [3.8, 4) is 17.2 Å². The van der Waals surface area contributed by atoms with Gasteiger partial charge in [0, 0.05) is 11.6 Å². The average molecular weight is 385 g/mol. The number of methoxy groups -OCH3 is 1. The average Bonchev–Trinajstić information content (AvgIpc) is 2.69. The van der Waals surface area contributed by atoms with Crippen LogP contribution in [-0.2, 0) is 0 Å². The highest BCUT2D eigenvalue weighted by molar-refractivity contribution is 6.09. The fourth-order valence-electron chi connectivity index (χ4n) is 2.50. The number of carbonyl (C=O) groups excluding carboxylic acids is 1. The summed E-state index contributed by atoms with van der Waals surface area (Å²) in [5.41, 5.74) is -0.463. The second-order valence-electron chi connectivity index (χ2n) is 5.65. The van der Waals surface area contributed by atoms with Crippen molar-refractivity contribution in [2.24, 2.45) is 0 Å². The Labute approximate surface area is 158 Å². The van der Waals surface area contributed by atoms with Crippen LogP contribution in [0.15, 0.2) is 60.7 Å². The van der Waals surface area contributed by atoms with Gasteiger partial charge in [0.25, 0.3) is 5.69 Å². The monoisotopic (exact) mass is 385 g/mol. The van der Waals surface area contributed by atoms with E-state index in [4.69, 9.17) is 9.47 Å². The van der Waals surface area contributed by atoms with Crippen molar-refractivity contribution in [2.75, 3.05) is 7.11 Å². The van der Waals surface area contributed by atoms with Crippen LogP contribution in [0.25, 0.3) is 0 Å². The molecule has 0 atom stereocenters. The first-order valence-corrected chi connectivity index (χ1v) is 7.99. The quantitative estimate of drug-likeness (QED) is 0.342. The van der Waals surface area contributed by atoms with Crippen molar-refractivity contribution >= 4 is 11.5 Å². The molecule has 0 saturated carbocycles. The van der Waals surface area contributed by atoms with Crippen molar-refractivity contribution in [3.05, 3.63) is 93.5 Å². The lowest BCUT2D eigenvalue weighted by Crippen LogP contribution is -2.06. The van der Waals surface area contributed by atoms with Gasteiger partial charge in [-0.1, -0.05) is 6.07 Å². The number of ketones is 1. The number of benzene rings is 3. The zero-order chi connectivity index (χ0) is 20.3. The van der Waals surface area contributed by atoms with E-state index in [0.29, 0.717) is 0 Å². The van der Waals surface area contributed by atoms with Gasteiger partial charge >= 0.3 is 0 Å². The van der Waals surface area contributed by atoms with E-state index in [0.717, 1.165) is 18.2 Å². The summed E-state index contributed by atoms with van der Waals surface area (Å²) in [5, 5.41) is 10.9. The van der Waals surface area contributed by atoms with E-state index in [2.05, 4.69) is 0 Å². The van der Waals surface area contributed by atoms with Crippen LogP contribution in [0.5, 0.6) is 17.2 Å². The number of ether oxygens (including phenoxy) is 2. The van der Waals surface area contributed by atoms with Crippen LogP contribution < -0.4 is 9.47 Å². The molecule has 0 N–H and O–H groups in total. The minimum absolute atomic E-state index is 0.000313. The summed E-state index contributed by atoms with van der Waals surface area (Å²) < 4.78 is 38.6. The maximum Gasteiger partial charge on any atom is 0.273 e. The summed E-state index contributed by atoms with van der Waals surface area (Å²) in [7, 11) is 1.29. The molecule has 0 aliphatic heterocycles. The Bertz CT molecular complexity index is 1050. The SMILES string of the molecule is COc1ccc(C(=O)c2ccc(F)cc2)c(F)c1Oc1cccc([N+](=O)[O-])c1. The van der Waals surface area contributed by atoms with E-state index in [9.17, 15) is 19.3 Å². The molecule has 0 aromatic heterocycles. The van der Waals surface area contributed by atoms with E-state index in [-0.39, 0.29) is 28.3 Å². The van der Waals surface area contributed by atoms with E-state index in [1.54, 1.807) is 0 Å². The van der Waals surface area contributed by atoms with Crippen LogP contribution in [0, 0.1) is 21.7 Å². The molecule has 0 bridgehead atoms. The maximum atomic E-state index is 15.0. The third-order valence-electron chi connectivity index (χ3n) is 3.88. The Balaban J connectivity index is 2.02. The Hall–Kier alpha value is -3.81. The van der Waals surface area contributed by atoms with Gasteiger partial charge in [-0.3, -0.25) is 14.9 Å². The summed E-state index contributed by atoms with van der Waals surface area (Å²) in [4.78, 5) is 22.9. The molecule has 8 heteroatoms. The normalized spacial score (nSPS) is 10.4. The molecule has 0 unspecified atom stereocenters. The van der Waals surface area contributed by atoms with Gasteiger partial charge in [-0.05, 0) is 42.5 Å². The molecule has 0 amide bonds. The first kappa shape index (κ1) is 19.0. The zero-order valence-corrected chi connectivity index (χ0v) is 14.5. The van der Waals surface area contributed by atoms with E-state index < -0.39 is 28.1 Å². The van der Waals surface area contributed by atoms with E-state index >= 15 is 4.39 Å². The number of nitro groups is 1. The predicted octanol–water partition coefficient (Wildman–Crippen LogP) is 4.90. The topological polar surface area (TPSA) is 78.7 Å². The van der Waals surface area contributed by atoms with Crippen molar-refractivity contribution in [3.63, 3.8) is 0 Å². The molecule has 0 spiro atoms. The van der Waals surface area contributed by atoms with E-state index in [1.807, 2.05) is 0 Å². The molecule has 0 radical (unpaired) electrons. The van der Waals surface area contributed by atoms with Gasteiger partial charge in [0.05, 0.1) is 23.7 Å². The molecule has 3 aromatic rings. The number of hydrogen-bond donors (Lipinski definition) is 0. The van der Waals surface area contributed by atoms with Crippen molar-refractivity contribution in [2.45, 2.75) is 0 Å². The summed E-state index contributed by atoms with van der Waals surface area (Å²) in [6.45, 7) is 0. The van der Waals surface area contributed by atoms with Gasteiger partial charge in [-0.25, -0.2) is 8.78 Å². The minimum atomic E-state index is -1.000. The fraction of sp³-hybridized carbons (Fsp3) is 0.0500. The number of carbonyl (C=O) groups is 1. The van der Waals surface area contributed by atoms with Gasteiger partial charge < -0.3 is 9.47 Å². The lowest BCUT2D eigenvalue weighted by molar-refractivity contribution is -0.384. The number of hydrogen-bond acceptors (Lipinski definition) is 5. The molecular formula is C20H13F2NO5. The van der Waals surface area contributed by atoms with Crippen LogP contribution >= 0.6 is 0 Å². The highest BCUT2D eigenvalue weighted by Crippen LogP contribution is 2.37. The molecule has 6 nitrogen and oxygen atoms in total. The molecule has 0 fully saturated rings. The number of halogens is 2. The molecule has 0 aliphatic carbocycles. The number of rotatable bonds is 6. The van der Waals surface area contributed by atoms with Gasteiger partial charge in [0.2, 0.25) is 5.75 Å². The van der Waals surface area contributed by atoms with E-state index in [1.165, 1.54) is 49.6 Å². The van der Waals surface area contributed by atoms with Crippen LogP contribution in [0.2, 0.25) is 0 Å². The highest BCUT2D eigenvalue weighted by Gasteiger charge is 2.22. The number of non-ortho nitro benzene ring substituents is 1. The zero-order valence-electron chi connectivity index (χ0n) is 14.5. The second kappa shape index (κ2) is 7.83. The van der Waals surface area contributed by atoms with Crippen LogP contribution in [0.4, 0.5) is 14.5 Å². The first-order chi connectivity index (χ1) is 13.4. The predicted molar refractivity (Wildman–Crippen MR) is 96.0 cm³/mol. The largest absolute Gasteiger partial charge is 0.493 e. The third kappa shape index (κ3) is 3.80. The molecule has 28 heavy (non-hydrogen) atoms. The van der Waals surface area contributed by atoms with Gasteiger partial charge in [-0.2, -0.15) is 0 Å². The molecule has 142 valence electrons. The molecule has 0 aliphatic rings. The van der Waals surface area contributed by atoms with Gasteiger partial charge in [0.1, 0.15) is 11.6 Å². The Kier molecular flexibility index (Phi) is 5.30. The highest BCUT2D eigenvalue weighted by atomic mass is 19.1. The molecule has 0 heterocycles. The number of nitro benzene ring substituents is 1. The number of nitrogens with zero attached hydrogens (tertiary/aromatic N) is 1. The third-order valence-corrected chi connectivity index (χ3v) is 3.88. The van der Waals surface area contributed by atoms with Crippen LogP contribution in [0.1, 0.15) is 15.9 Å². The maximum absolute atomic E-state index is 15.0. The lowest BCUT2D eigenvalue weighted by Gasteiger charge is -2.13. The minimum Gasteiger partial charge on any atom is -0.493 e. The summed E-state index contributed by atoms with van der Waals surface area (Å²) in [5.74, 6) is -2.60. The fourth-order valence-corrected chi connectivity index (χ4v) is 2.50. The Morgan fingerprint density at radius 1 is 1.04 bits per heavy atom.